The highest BCUT2D eigenvalue weighted by molar-refractivity contribution is 5.30. The van der Waals surface area contributed by atoms with Gasteiger partial charge in [0.25, 0.3) is 0 Å². The van der Waals surface area contributed by atoms with Gasteiger partial charge in [-0.3, -0.25) is 0 Å². The van der Waals surface area contributed by atoms with Crippen LogP contribution in [0.2, 0.25) is 0 Å². The maximum atomic E-state index is 8.91. The van der Waals surface area contributed by atoms with Crippen LogP contribution in [0.4, 0.5) is 0 Å². The molecule has 0 fully saturated rings. The molecule has 0 saturated carbocycles. The van der Waals surface area contributed by atoms with E-state index in [2.05, 4.69) is 35.1 Å². The Morgan fingerprint density at radius 2 is 2.17 bits per heavy atom. The van der Waals surface area contributed by atoms with Crippen LogP contribution in [0.15, 0.2) is 18.3 Å². The third-order valence-corrected chi connectivity index (χ3v) is 3.03. The lowest BCUT2D eigenvalue weighted by molar-refractivity contribution is 0.298. The van der Waals surface area contributed by atoms with Gasteiger partial charge in [0.1, 0.15) is 11.8 Å². The summed E-state index contributed by atoms with van der Waals surface area (Å²) in [5, 5.41) is 12.3. The van der Waals surface area contributed by atoms with Gasteiger partial charge in [0.2, 0.25) is 0 Å². The Kier molecular flexibility index (Phi) is 7.00. The summed E-state index contributed by atoms with van der Waals surface area (Å²) in [4.78, 5) is 6.45. The van der Waals surface area contributed by atoms with Gasteiger partial charge >= 0.3 is 0 Å². The first-order valence-corrected chi connectivity index (χ1v) is 6.58. The number of pyridine rings is 1. The van der Waals surface area contributed by atoms with Gasteiger partial charge in [-0.1, -0.05) is 19.9 Å². The zero-order valence-electron chi connectivity index (χ0n) is 11.3. The molecular formula is C14H22N4. The van der Waals surface area contributed by atoms with Crippen molar-refractivity contribution in [3.63, 3.8) is 0 Å². The molecule has 18 heavy (non-hydrogen) atoms. The van der Waals surface area contributed by atoms with Crippen molar-refractivity contribution >= 4 is 0 Å². The second-order valence-electron chi connectivity index (χ2n) is 4.18. The monoisotopic (exact) mass is 246 g/mol. The molecule has 4 heteroatoms. The maximum absolute atomic E-state index is 8.91. The third kappa shape index (κ3) is 4.82. The predicted octanol–water partition coefficient (Wildman–Crippen LogP) is 1.77. The molecule has 1 aromatic heterocycles. The average Bonchev–Trinajstić information content (AvgIpc) is 2.43. The Hall–Kier alpha value is -1.44. The number of hydrogen-bond donors (Lipinski definition) is 1. The lowest BCUT2D eigenvalue weighted by Gasteiger charge is -2.17. The van der Waals surface area contributed by atoms with Gasteiger partial charge in [0, 0.05) is 18.3 Å². The zero-order chi connectivity index (χ0) is 13.2. The van der Waals surface area contributed by atoms with Crippen molar-refractivity contribution in [3.8, 4) is 6.07 Å². The van der Waals surface area contributed by atoms with E-state index in [0.29, 0.717) is 5.69 Å². The highest BCUT2D eigenvalue weighted by atomic mass is 15.1. The van der Waals surface area contributed by atoms with Crippen LogP contribution >= 0.6 is 0 Å². The Bertz CT molecular complexity index is 380. The van der Waals surface area contributed by atoms with Crippen molar-refractivity contribution in [2.24, 2.45) is 0 Å². The Morgan fingerprint density at radius 3 is 2.83 bits per heavy atom. The summed E-state index contributed by atoms with van der Waals surface area (Å²) >= 11 is 0. The molecule has 0 unspecified atom stereocenters. The van der Waals surface area contributed by atoms with Gasteiger partial charge in [0.05, 0.1) is 0 Å². The van der Waals surface area contributed by atoms with E-state index in [0.717, 1.165) is 44.7 Å². The summed E-state index contributed by atoms with van der Waals surface area (Å²) in [7, 11) is 0. The van der Waals surface area contributed by atoms with E-state index in [4.69, 9.17) is 5.26 Å². The SMILES string of the molecule is CCN(CC)CCCNCc1cccnc1C#N. The lowest BCUT2D eigenvalue weighted by Crippen LogP contribution is -2.27. The fourth-order valence-corrected chi connectivity index (χ4v) is 1.87. The van der Waals surface area contributed by atoms with Crippen LogP contribution in [0.5, 0.6) is 0 Å². The van der Waals surface area contributed by atoms with Gasteiger partial charge in [-0.25, -0.2) is 4.98 Å². The highest BCUT2D eigenvalue weighted by Crippen LogP contribution is 2.02. The van der Waals surface area contributed by atoms with E-state index in [9.17, 15) is 0 Å². The van der Waals surface area contributed by atoms with Crippen molar-refractivity contribution in [3.05, 3.63) is 29.6 Å². The number of nitrogens with one attached hydrogen (secondary N) is 1. The molecule has 1 rings (SSSR count). The number of nitrogens with zero attached hydrogens (tertiary/aromatic N) is 3. The molecule has 0 aromatic carbocycles. The lowest BCUT2D eigenvalue weighted by atomic mass is 10.2. The molecule has 0 aliphatic rings. The average molecular weight is 246 g/mol. The topological polar surface area (TPSA) is 52.0 Å². The molecule has 0 saturated heterocycles. The minimum absolute atomic E-state index is 0.522. The Morgan fingerprint density at radius 1 is 1.39 bits per heavy atom. The number of hydrogen-bond acceptors (Lipinski definition) is 4. The first-order valence-electron chi connectivity index (χ1n) is 6.58. The molecule has 0 amide bonds. The summed E-state index contributed by atoms with van der Waals surface area (Å²) in [6.07, 6.45) is 2.78. The molecule has 0 bridgehead atoms. The van der Waals surface area contributed by atoms with Crippen LogP contribution in [0.25, 0.3) is 0 Å². The van der Waals surface area contributed by atoms with E-state index < -0.39 is 0 Å². The largest absolute Gasteiger partial charge is 0.313 e. The van der Waals surface area contributed by atoms with Crippen molar-refractivity contribution in [2.75, 3.05) is 26.2 Å². The van der Waals surface area contributed by atoms with Crippen LogP contribution in [0.3, 0.4) is 0 Å². The predicted molar refractivity (Wildman–Crippen MR) is 73.1 cm³/mol. The summed E-state index contributed by atoms with van der Waals surface area (Å²) in [5.41, 5.74) is 1.50. The van der Waals surface area contributed by atoms with E-state index >= 15 is 0 Å². The minimum atomic E-state index is 0.522. The second-order valence-corrected chi connectivity index (χ2v) is 4.18. The summed E-state index contributed by atoms with van der Waals surface area (Å²) in [5.74, 6) is 0. The maximum Gasteiger partial charge on any atom is 0.144 e. The molecule has 1 N–H and O–H groups in total. The van der Waals surface area contributed by atoms with Gasteiger partial charge in [-0.05, 0) is 38.7 Å². The minimum Gasteiger partial charge on any atom is -0.313 e. The number of nitriles is 1. The van der Waals surface area contributed by atoms with Crippen LogP contribution in [0.1, 0.15) is 31.5 Å². The van der Waals surface area contributed by atoms with Crippen LogP contribution in [0, 0.1) is 11.3 Å². The summed E-state index contributed by atoms with van der Waals surface area (Å²) < 4.78 is 0. The van der Waals surface area contributed by atoms with Crippen molar-refractivity contribution in [1.29, 1.82) is 5.26 Å². The molecule has 0 radical (unpaired) electrons. The quantitative estimate of drug-likeness (QED) is 0.710. The molecular weight excluding hydrogens is 224 g/mol. The van der Waals surface area contributed by atoms with Crippen LogP contribution < -0.4 is 5.32 Å². The van der Waals surface area contributed by atoms with Gasteiger partial charge < -0.3 is 10.2 Å². The third-order valence-electron chi connectivity index (χ3n) is 3.03. The smallest absolute Gasteiger partial charge is 0.144 e. The van der Waals surface area contributed by atoms with E-state index in [1.54, 1.807) is 6.20 Å². The molecule has 1 heterocycles. The molecule has 4 nitrogen and oxygen atoms in total. The van der Waals surface area contributed by atoms with Crippen LogP contribution in [-0.4, -0.2) is 36.1 Å². The van der Waals surface area contributed by atoms with Gasteiger partial charge in [0.15, 0.2) is 0 Å². The van der Waals surface area contributed by atoms with Crippen LogP contribution in [-0.2, 0) is 6.54 Å². The molecule has 0 atom stereocenters. The molecule has 0 aliphatic heterocycles. The normalized spacial score (nSPS) is 10.6. The number of rotatable bonds is 8. The first-order chi connectivity index (χ1) is 8.81. The fraction of sp³-hybridized carbons (Fsp3) is 0.571. The highest BCUT2D eigenvalue weighted by Gasteiger charge is 2.02. The fourth-order valence-electron chi connectivity index (χ4n) is 1.87. The second kappa shape index (κ2) is 8.62. The van der Waals surface area contributed by atoms with Crippen molar-refractivity contribution < 1.29 is 0 Å². The van der Waals surface area contributed by atoms with Gasteiger partial charge in [-0.2, -0.15) is 5.26 Å². The summed E-state index contributed by atoms with van der Waals surface area (Å²) in [6, 6.07) is 5.93. The van der Waals surface area contributed by atoms with E-state index in [1.165, 1.54) is 0 Å². The number of aromatic nitrogens is 1. The molecule has 0 spiro atoms. The molecule has 1 aromatic rings. The zero-order valence-corrected chi connectivity index (χ0v) is 11.3. The van der Waals surface area contributed by atoms with E-state index in [-0.39, 0.29) is 0 Å². The van der Waals surface area contributed by atoms with Gasteiger partial charge in [-0.15, -0.1) is 0 Å². The molecule has 98 valence electrons. The van der Waals surface area contributed by atoms with Crippen molar-refractivity contribution in [2.45, 2.75) is 26.8 Å². The van der Waals surface area contributed by atoms with E-state index in [1.807, 2.05) is 12.1 Å². The molecule has 0 aliphatic carbocycles. The Balaban J connectivity index is 2.24. The standard InChI is InChI=1S/C14H22N4/c1-3-18(4-2)10-6-8-16-12-13-7-5-9-17-14(13)11-15/h5,7,9,16H,3-4,6,8,10,12H2,1-2H3. The summed E-state index contributed by atoms with van der Waals surface area (Å²) in [6.45, 7) is 9.40. The van der Waals surface area contributed by atoms with Crippen molar-refractivity contribution in [1.82, 2.24) is 15.2 Å². The first kappa shape index (κ1) is 14.6. The Labute approximate surface area is 110 Å².